The molecule has 1 heterocycles. The van der Waals surface area contributed by atoms with E-state index in [0.717, 1.165) is 29.9 Å². The van der Waals surface area contributed by atoms with Crippen LogP contribution in [0.1, 0.15) is 48.8 Å². The molecule has 1 N–H and O–H groups in total. The van der Waals surface area contributed by atoms with Gasteiger partial charge >= 0.3 is 0 Å². The summed E-state index contributed by atoms with van der Waals surface area (Å²) in [6.45, 7) is 8.48. The molecule has 0 saturated heterocycles. The Hall–Kier alpha value is -1.83. The molecule has 0 aliphatic rings. The number of hydrogen-bond acceptors (Lipinski definition) is 2. The third-order valence-electron chi connectivity index (χ3n) is 3.75. The number of pyridine rings is 1. The number of nitrogens with one attached hydrogen (secondary N) is 1. The maximum atomic E-state index is 4.52. The lowest BCUT2D eigenvalue weighted by atomic mass is 10.0. The summed E-state index contributed by atoms with van der Waals surface area (Å²) < 4.78 is 0. The second-order valence-electron chi connectivity index (χ2n) is 5.29. The molecule has 0 bridgehead atoms. The van der Waals surface area contributed by atoms with Gasteiger partial charge < -0.3 is 5.32 Å². The first-order valence-corrected chi connectivity index (χ1v) is 7.43. The topological polar surface area (TPSA) is 24.9 Å². The predicted molar refractivity (Wildman–Crippen MR) is 86.2 cm³/mol. The van der Waals surface area contributed by atoms with Gasteiger partial charge in [-0.2, -0.15) is 0 Å². The minimum absolute atomic E-state index is 0.337. The number of aryl methyl sites for hydroxylation is 3. The van der Waals surface area contributed by atoms with Gasteiger partial charge in [0.1, 0.15) is 0 Å². The van der Waals surface area contributed by atoms with Crippen molar-refractivity contribution in [1.29, 1.82) is 0 Å². The zero-order valence-electron chi connectivity index (χ0n) is 12.9. The van der Waals surface area contributed by atoms with E-state index in [0.29, 0.717) is 6.04 Å². The molecule has 0 saturated carbocycles. The minimum Gasteiger partial charge on any atom is -0.377 e. The van der Waals surface area contributed by atoms with Gasteiger partial charge in [-0.1, -0.05) is 38.1 Å². The SMILES string of the molecule is CCc1ccc(C(CC)Nc2ccc(C)nc2C)cc1. The van der Waals surface area contributed by atoms with Gasteiger partial charge in [-0.15, -0.1) is 0 Å². The lowest BCUT2D eigenvalue weighted by molar-refractivity contribution is 0.746. The summed E-state index contributed by atoms with van der Waals surface area (Å²) >= 11 is 0. The average molecular weight is 268 g/mol. The number of benzene rings is 1. The second-order valence-corrected chi connectivity index (χ2v) is 5.29. The monoisotopic (exact) mass is 268 g/mol. The molecule has 2 aromatic rings. The smallest absolute Gasteiger partial charge is 0.0607 e. The fourth-order valence-corrected chi connectivity index (χ4v) is 2.43. The lowest BCUT2D eigenvalue weighted by Gasteiger charge is -2.20. The van der Waals surface area contributed by atoms with E-state index in [4.69, 9.17) is 0 Å². The number of hydrogen-bond donors (Lipinski definition) is 1. The molecule has 0 amide bonds. The van der Waals surface area contributed by atoms with E-state index in [1.54, 1.807) is 0 Å². The Kier molecular flexibility index (Phi) is 4.78. The van der Waals surface area contributed by atoms with E-state index in [-0.39, 0.29) is 0 Å². The first kappa shape index (κ1) is 14.6. The van der Waals surface area contributed by atoms with Crippen molar-refractivity contribution < 1.29 is 0 Å². The fourth-order valence-electron chi connectivity index (χ4n) is 2.43. The van der Waals surface area contributed by atoms with Gasteiger partial charge in [-0.3, -0.25) is 4.98 Å². The Morgan fingerprint density at radius 1 is 1.00 bits per heavy atom. The van der Waals surface area contributed by atoms with Crippen LogP contribution in [0.3, 0.4) is 0 Å². The zero-order valence-corrected chi connectivity index (χ0v) is 12.9. The maximum Gasteiger partial charge on any atom is 0.0607 e. The molecule has 0 fully saturated rings. The Morgan fingerprint density at radius 3 is 2.25 bits per heavy atom. The van der Waals surface area contributed by atoms with Crippen LogP contribution in [0, 0.1) is 13.8 Å². The van der Waals surface area contributed by atoms with Crippen LogP contribution in [0.2, 0.25) is 0 Å². The highest BCUT2D eigenvalue weighted by atomic mass is 14.9. The van der Waals surface area contributed by atoms with E-state index in [1.807, 2.05) is 6.92 Å². The molecular formula is C18H24N2. The number of aromatic nitrogens is 1. The van der Waals surface area contributed by atoms with Gasteiger partial charge in [0.05, 0.1) is 17.4 Å². The highest BCUT2D eigenvalue weighted by Crippen LogP contribution is 2.24. The molecule has 20 heavy (non-hydrogen) atoms. The summed E-state index contributed by atoms with van der Waals surface area (Å²) in [5.74, 6) is 0. The number of anilines is 1. The van der Waals surface area contributed by atoms with Crippen LogP contribution in [-0.4, -0.2) is 4.98 Å². The van der Waals surface area contributed by atoms with Crippen LogP contribution in [0.4, 0.5) is 5.69 Å². The Morgan fingerprint density at radius 2 is 1.70 bits per heavy atom. The first-order valence-electron chi connectivity index (χ1n) is 7.43. The van der Waals surface area contributed by atoms with Gasteiger partial charge in [0.25, 0.3) is 0 Å². The summed E-state index contributed by atoms with van der Waals surface area (Å²) in [5, 5.41) is 3.62. The molecule has 106 valence electrons. The molecule has 0 aliphatic carbocycles. The van der Waals surface area contributed by atoms with Gasteiger partial charge in [-0.25, -0.2) is 0 Å². The number of nitrogens with zero attached hydrogens (tertiary/aromatic N) is 1. The normalized spacial score (nSPS) is 12.2. The minimum atomic E-state index is 0.337. The van der Waals surface area contributed by atoms with Crippen LogP contribution < -0.4 is 5.32 Å². The fraction of sp³-hybridized carbons (Fsp3) is 0.389. The molecule has 2 rings (SSSR count). The molecule has 1 unspecified atom stereocenters. The van der Waals surface area contributed by atoms with Gasteiger partial charge in [0, 0.05) is 5.69 Å². The third kappa shape index (κ3) is 3.38. The van der Waals surface area contributed by atoms with Crippen molar-refractivity contribution in [3.8, 4) is 0 Å². The van der Waals surface area contributed by atoms with E-state index in [2.05, 4.69) is 67.5 Å². The summed E-state index contributed by atoms with van der Waals surface area (Å²) in [6, 6.07) is 13.4. The molecular weight excluding hydrogens is 244 g/mol. The molecule has 1 aromatic carbocycles. The lowest BCUT2D eigenvalue weighted by Crippen LogP contribution is -2.11. The van der Waals surface area contributed by atoms with Gasteiger partial charge in [0.15, 0.2) is 0 Å². The van der Waals surface area contributed by atoms with Crippen molar-refractivity contribution in [2.45, 2.75) is 46.6 Å². The van der Waals surface area contributed by atoms with Crippen LogP contribution in [0.15, 0.2) is 36.4 Å². The Balaban J connectivity index is 2.19. The van der Waals surface area contributed by atoms with Crippen molar-refractivity contribution in [2.75, 3.05) is 5.32 Å². The van der Waals surface area contributed by atoms with Crippen LogP contribution in [0.5, 0.6) is 0 Å². The van der Waals surface area contributed by atoms with Crippen LogP contribution >= 0.6 is 0 Å². The van der Waals surface area contributed by atoms with Gasteiger partial charge in [-0.05, 0) is 49.9 Å². The average Bonchev–Trinajstić information content (AvgIpc) is 2.47. The van der Waals surface area contributed by atoms with Crippen LogP contribution in [-0.2, 0) is 6.42 Å². The van der Waals surface area contributed by atoms with Crippen LogP contribution in [0.25, 0.3) is 0 Å². The molecule has 2 heteroatoms. The standard InChI is InChI=1S/C18H24N2/c1-5-15-8-10-16(11-9-15)17(6-2)20-18-12-7-13(3)19-14(18)4/h7-12,17,20H,5-6H2,1-4H3. The molecule has 0 spiro atoms. The molecule has 0 aliphatic heterocycles. The highest BCUT2D eigenvalue weighted by molar-refractivity contribution is 5.49. The van der Waals surface area contributed by atoms with Crippen molar-refractivity contribution in [3.63, 3.8) is 0 Å². The molecule has 1 atom stereocenters. The van der Waals surface area contributed by atoms with Gasteiger partial charge in [0.2, 0.25) is 0 Å². The third-order valence-corrected chi connectivity index (χ3v) is 3.75. The van der Waals surface area contributed by atoms with Crippen molar-refractivity contribution >= 4 is 5.69 Å². The van der Waals surface area contributed by atoms with Crippen molar-refractivity contribution in [2.24, 2.45) is 0 Å². The largest absolute Gasteiger partial charge is 0.377 e. The quantitative estimate of drug-likeness (QED) is 0.840. The van der Waals surface area contributed by atoms with E-state index >= 15 is 0 Å². The van der Waals surface area contributed by atoms with Crippen molar-refractivity contribution in [1.82, 2.24) is 4.98 Å². The Bertz CT molecular complexity index is 558. The summed E-state index contributed by atoms with van der Waals surface area (Å²) in [5.41, 5.74) is 5.98. The highest BCUT2D eigenvalue weighted by Gasteiger charge is 2.10. The molecule has 2 nitrogen and oxygen atoms in total. The first-order chi connectivity index (χ1) is 9.63. The van der Waals surface area contributed by atoms with Crippen molar-refractivity contribution in [3.05, 3.63) is 58.9 Å². The zero-order chi connectivity index (χ0) is 14.5. The molecule has 1 aromatic heterocycles. The molecule has 0 radical (unpaired) electrons. The summed E-state index contributed by atoms with van der Waals surface area (Å²) in [4.78, 5) is 4.52. The Labute approximate surface area is 122 Å². The predicted octanol–water partition coefficient (Wildman–Crippen LogP) is 4.82. The summed E-state index contributed by atoms with van der Waals surface area (Å²) in [7, 11) is 0. The number of rotatable bonds is 5. The van der Waals surface area contributed by atoms with E-state index < -0.39 is 0 Å². The summed E-state index contributed by atoms with van der Waals surface area (Å²) in [6.07, 6.45) is 2.14. The van der Waals surface area contributed by atoms with E-state index in [9.17, 15) is 0 Å². The second kappa shape index (κ2) is 6.56. The maximum absolute atomic E-state index is 4.52. The van der Waals surface area contributed by atoms with E-state index in [1.165, 1.54) is 11.1 Å².